The third-order valence-corrected chi connectivity index (χ3v) is 6.05. The lowest BCUT2D eigenvalue weighted by atomic mass is 10.0. The minimum absolute atomic E-state index is 0.0438. The van der Waals surface area contributed by atoms with Gasteiger partial charge in [-0.2, -0.15) is 0 Å². The van der Waals surface area contributed by atoms with Gasteiger partial charge < -0.3 is 10.7 Å². The summed E-state index contributed by atoms with van der Waals surface area (Å²) in [6.45, 7) is 1.64. The van der Waals surface area contributed by atoms with Crippen LogP contribution in [0, 0.1) is 11.6 Å². The van der Waals surface area contributed by atoms with Gasteiger partial charge >= 0.3 is 0 Å². The highest BCUT2D eigenvalue weighted by molar-refractivity contribution is 7.92. The number of H-pyrrole nitrogens is 1. The van der Waals surface area contributed by atoms with Gasteiger partial charge in [0.25, 0.3) is 0 Å². The van der Waals surface area contributed by atoms with Crippen LogP contribution in [-0.4, -0.2) is 43.2 Å². The molecule has 3 aromatic rings. The first-order valence-electron chi connectivity index (χ1n) is 9.57. The van der Waals surface area contributed by atoms with E-state index in [1.165, 1.54) is 18.6 Å². The van der Waals surface area contributed by atoms with Crippen LogP contribution < -0.4 is 10.5 Å². The molecule has 0 bridgehead atoms. The summed E-state index contributed by atoms with van der Waals surface area (Å²) < 4.78 is 55.6. The molecule has 2 heterocycles. The number of nitrogens with zero attached hydrogens (tertiary/aromatic N) is 2. The number of aliphatic imine (C=N–C) groups is 1. The van der Waals surface area contributed by atoms with Crippen molar-refractivity contribution in [3.63, 3.8) is 0 Å². The Morgan fingerprint density at radius 1 is 1.34 bits per heavy atom. The van der Waals surface area contributed by atoms with Crippen LogP contribution in [0.5, 0.6) is 0 Å². The molecular formula is C21H21F2N5O3S. The van der Waals surface area contributed by atoms with Crippen molar-refractivity contribution in [1.29, 1.82) is 0 Å². The second-order valence-electron chi connectivity index (χ2n) is 6.89. The number of fused-ring (bicyclic) bond motifs is 1. The number of aromatic amines is 1. The number of carbonyl (C=O) groups is 1. The van der Waals surface area contributed by atoms with Crippen LogP contribution in [0.3, 0.4) is 0 Å². The molecule has 0 atom stereocenters. The summed E-state index contributed by atoms with van der Waals surface area (Å²) in [5.74, 6) is -3.64. The van der Waals surface area contributed by atoms with Gasteiger partial charge in [0.05, 0.1) is 17.0 Å². The van der Waals surface area contributed by atoms with Gasteiger partial charge in [-0.25, -0.2) is 22.2 Å². The largest absolute Gasteiger partial charge is 0.398 e. The topological polar surface area (TPSA) is 130 Å². The molecule has 32 heavy (non-hydrogen) atoms. The van der Waals surface area contributed by atoms with E-state index in [1.807, 2.05) is 0 Å². The molecule has 0 radical (unpaired) electrons. The molecule has 0 saturated carbocycles. The molecule has 0 spiro atoms. The average Bonchev–Trinajstić information content (AvgIpc) is 3.17. The third kappa shape index (κ3) is 4.67. The molecule has 0 aliphatic rings. The number of nitrogens with two attached hydrogens (primary N) is 1. The number of rotatable bonds is 8. The fourth-order valence-corrected chi connectivity index (χ4v) is 4.19. The molecule has 0 aliphatic carbocycles. The zero-order valence-corrected chi connectivity index (χ0v) is 18.1. The zero-order chi connectivity index (χ0) is 23.5. The first-order valence-corrected chi connectivity index (χ1v) is 11.2. The van der Waals surface area contributed by atoms with Crippen LogP contribution in [0.1, 0.15) is 34.8 Å². The number of benzene rings is 1. The molecule has 0 aliphatic heterocycles. The van der Waals surface area contributed by atoms with E-state index in [2.05, 4.69) is 19.7 Å². The van der Waals surface area contributed by atoms with Gasteiger partial charge in [0.15, 0.2) is 5.82 Å². The third-order valence-electron chi connectivity index (χ3n) is 4.57. The Labute approximate surface area is 183 Å². The minimum atomic E-state index is -3.84. The van der Waals surface area contributed by atoms with E-state index in [-0.39, 0.29) is 11.3 Å². The van der Waals surface area contributed by atoms with Crippen molar-refractivity contribution in [2.45, 2.75) is 13.3 Å². The monoisotopic (exact) mass is 461 g/mol. The normalized spacial score (nSPS) is 12.6. The van der Waals surface area contributed by atoms with E-state index >= 15 is 4.39 Å². The maximum Gasteiger partial charge on any atom is 0.232 e. The van der Waals surface area contributed by atoms with E-state index in [9.17, 15) is 17.6 Å². The lowest BCUT2D eigenvalue weighted by molar-refractivity contribution is 0.103. The van der Waals surface area contributed by atoms with E-state index in [0.717, 1.165) is 12.1 Å². The highest BCUT2D eigenvalue weighted by Gasteiger charge is 2.26. The Hall–Kier alpha value is -3.60. The average molecular weight is 461 g/mol. The summed E-state index contributed by atoms with van der Waals surface area (Å²) >= 11 is 0. The van der Waals surface area contributed by atoms with Crippen molar-refractivity contribution in [3.05, 3.63) is 65.0 Å². The van der Waals surface area contributed by atoms with Crippen molar-refractivity contribution in [2.24, 2.45) is 10.7 Å². The lowest BCUT2D eigenvalue weighted by Crippen LogP contribution is -2.18. The van der Waals surface area contributed by atoms with Gasteiger partial charge in [-0.05, 0) is 30.7 Å². The highest BCUT2D eigenvalue weighted by atomic mass is 32.2. The molecule has 11 heteroatoms. The van der Waals surface area contributed by atoms with Crippen LogP contribution in [-0.2, 0) is 10.0 Å². The Morgan fingerprint density at radius 2 is 2.09 bits per heavy atom. The second kappa shape index (κ2) is 9.27. The number of hydrogen-bond donors (Lipinski definition) is 3. The van der Waals surface area contributed by atoms with Gasteiger partial charge in [-0.15, -0.1) is 0 Å². The van der Waals surface area contributed by atoms with Crippen LogP contribution in [0.2, 0.25) is 0 Å². The fraction of sp³-hybridized carbons (Fsp3) is 0.190. The maximum absolute atomic E-state index is 15.0. The summed E-state index contributed by atoms with van der Waals surface area (Å²) in [7, 11) is -2.27. The molecule has 8 nitrogen and oxygen atoms in total. The fourth-order valence-electron chi connectivity index (χ4n) is 3.06. The number of sulfonamides is 1. The molecule has 3 rings (SSSR count). The predicted octanol–water partition coefficient (Wildman–Crippen LogP) is 3.22. The van der Waals surface area contributed by atoms with E-state index in [1.54, 1.807) is 26.1 Å². The van der Waals surface area contributed by atoms with Crippen molar-refractivity contribution in [2.75, 3.05) is 17.5 Å². The number of carbonyl (C=O) groups excluding carboxylic acids is 1. The number of ketones is 1. The number of halogens is 2. The Morgan fingerprint density at radius 3 is 2.78 bits per heavy atom. The zero-order valence-electron chi connectivity index (χ0n) is 17.3. The molecule has 0 amide bonds. The van der Waals surface area contributed by atoms with E-state index in [0.29, 0.717) is 28.7 Å². The van der Waals surface area contributed by atoms with Crippen LogP contribution in [0.4, 0.5) is 14.5 Å². The highest BCUT2D eigenvalue weighted by Crippen LogP contribution is 2.28. The number of hydrogen-bond acceptors (Lipinski definition) is 6. The molecule has 2 aromatic heterocycles. The first kappa shape index (κ1) is 23.1. The van der Waals surface area contributed by atoms with Crippen LogP contribution in [0.25, 0.3) is 16.7 Å². The number of anilines is 1. The molecule has 1 aromatic carbocycles. The van der Waals surface area contributed by atoms with Crippen molar-refractivity contribution in [3.8, 4) is 0 Å². The van der Waals surface area contributed by atoms with Gasteiger partial charge in [0, 0.05) is 47.9 Å². The lowest BCUT2D eigenvalue weighted by Gasteiger charge is -2.11. The minimum Gasteiger partial charge on any atom is -0.398 e. The van der Waals surface area contributed by atoms with Crippen molar-refractivity contribution >= 4 is 44.4 Å². The number of pyridine rings is 1. The molecular weight excluding hydrogens is 440 g/mol. The van der Waals surface area contributed by atoms with E-state index < -0.39 is 38.7 Å². The van der Waals surface area contributed by atoms with Gasteiger partial charge in [-0.3, -0.25) is 14.5 Å². The first-order chi connectivity index (χ1) is 15.2. The smallest absolute Gasteiger partial charge is 0.232 e. The Kier molecular flexibility index (Phi) is 6.68. The Balaban J connectivity index is 2.08. The summed E-state index contributed by atoms with van der Waals surface area (Å²) in [6.07, 6.45) is 6.09. The van der Waals surface area contributed by atoms with Gasteiger partial charge in [-0.1, -0.05) is 6.92 Å². The summed E-state index contributed by atoms with van der Waals surface area (Å²) in [6, 6.07) is 3.33. The standard InChI is InChI=1S/C21H21F2N5O3S/c1-3-8-32(30,31)28-17-5-4-15(22)18(19(17)23)20(29)14-11-27-21-13(14)9-12(10-26-21)16(24)6-7-25-2/h4-7,9-11,28H,3,8,24H2,1-2H3,(H,26,27)/b16-6-,25-7?. The van der Waals surface area contributed by atoms with Crippen molar-refractivity contribution in [1.82, 2.24) is 9.97 Å². The predicted molar refractivity (Wildman–Crippen MR) is 120 cm³/mol. The van der Waals surface area contributed by atoms with Crippen LogP contribution >= 0.6 is 0 Å². The van der Waals surface area contributed by atoms with Crippen molar-refractivity contribution < 1.29 is 22.0 Å². The summed E-state index contributed by atoms with van der Waals surface area (Å²) in [4.78, 5) is 23.9. The molecule has 0 unspecified atom stereocenters. The number of allylic oxidation sites excluding steroid dienone is 1. The molecule has 4 N–H and O–H groups in total. The number of nitrogens with one attached hydrogen (secondary N) is 2. The summed E-state index contributed by atoms with van der Waals surface area (Å²) in [5, 5.41) is 0.299. The SMILES string of the molecule is CCCS(=O)(=O)Nc1ccc(F)c(C(=O)c2c[nH]c3ncc(/C(N)=C/C=NC)cc23)c1F. The number of aromatic nitrogens is 2. The summed E-state index contributed by atoms with van der Waals surface area (Å²) in [5.41, 5.74) is 5.67. The molecule has 0 fully saturated rings. The Bertz CT molecular complexity index is 1350. The van der Waals surface area contributed by atoms with E-state index in [4.69, 9.17) is 5.73 Å². The molecule has 168 valence electrons. The van der Waals surface area contributed by atoms with Gasteiger partial charge in [0.1, 0.15) is 11.5 Å². The molecule has 0 saturated heterocycles. The quantitative estimate of drug-likeness (QED) is 0.350. The van der Waals surface area contributed by atoms with Crippen LogP contribution in [0.15, 0.2) is 41.7 Å². The maximum atomic E-state index is 15.0. The second-order valence-corrected chi connectivity index (χ2v) is 8.73. The van der Waals surface area contributed by atoms with Gasteiger partial charge in [0.2, 0.25) is 15.8 Å².